The summed E-state index contributed by atoms with van der Waals surface area (Å²) in [6.45, 7) is 1.82. The van der Waals surface area contributed by atoms with Crippen molar-refractivity contribution in [3.05, 3.63) is 120 Å². The summed E-state index contributed by atoms with van der Waals surface area (Å²) in [5, 5.41) is -0.303. The highest BCUT2D eigenvalue weighted by molar-refractivity contribution is 6.30. The quantitative estimate of drug-likeness (QED) is 0.107. The van der Waals surface area contributed by atoms with Crippen LogP contribution in [0.2, 0.25) is 0 Å². The van der Waals surface area contributed by atoms with Crippen LogP contribution in [0.25, 0.3) is 33.3 Å². The van der Waals surface area contributed by atoms with Gasteiger partial charge in [0.1, 0.15) is 46.1 Å². The number of benzene rings is 2. The molecule has 13 nitrogen and oxygen atoms in total. The number of carbonyl (C=O) groups is 1. The molecule has 20 heteroatoms. The monoisotopic (exact) mass is 769 g/mol. The number of furan rings is 2. The second-order valence-electron chi connectivity index (χ2n) is 11.3. The van der Waals surface area contributed by atoms with Gasteiger partial charge in [-0.2, -0.15) is 26.3 Å². The molecule has 1 atom stereocenters. The van der Waals surface area contributed by atoms with Crippen molar-refractivity contribution >= 4 is 45.2 Å². The number of ether oxygens (including phenoxy) is 1. The topological polar surface area (TPSA) is 167 Å². The molecule has 280 valence electrons. The molecular formula is C33H26ClF6N5O8. The lowest BCUT2D eigenvalue weighted by Gasteiger charge is -2.13. The molecule has 4 aromatic heterocycles. The number of anilines is 1. The second kappa shape index (κ2) is 14.2. The van der Waals surface area contributed by atoms with Crippen LogP contribution in [0, 0.1) is 0 Å². The molecule has 0 saturated heterocycles. The molecule has 0 amide bonds. The predicted molar refractivity (Wildman–Crippen MR) is 178 cm³/mol. The number of nitrogens with two attached hydrogens (primary N) is 1. The van der Waals surface area contributed by atoms with E-state index in [0.29, 0.717) is 63.6 Å². The molecule has 0 aliphatic rings. The molecule has 1 unspecified atom stereocenters. The van der Waals surface area contributed by atoms with Gasteiger partial charge in [-0.25, -0.2) is 18.7 Å². The molecule has 2 N–H and O–H groups in total. The van der Waals surface area contributed by atoms with Crippen LogP contribution in [-0.2, 0) is 42.4 Å². The first kappa shape index (κ1) is 38.3. The lowest BCUT2D eigenvalue weighted by atomic mass is 10.1. The standard InChI is InChI=1S/C19H16ClF3N2O5.C14H10F3N3O3/c1-3-29-17(27)12(20)7-10-4-5-14-11(6-10)13(9-30-14)25-16(26)8-15(19(21,22)23)24(2)18(25)28;1-19-11(14(15,16)17)5-12(21)20(13(19)22)9-6-23-10-3-2-7(18)4-8(9)10/h4-6,8-9,12H,3,7H2,1-2H3;2-6H,18H2,1H3. The third kappa shape index (κ3) is 7.50. The van der Waals surface area contributed by atoms with E-state index in [2.05, 4.69) is 0 Å². The summed E-state index contributed by atoms with van der Waals surface area (Å²) in [6, 6.07) is 10.0. The summed E-state index contributed by atoms with van der Waals surface area (Å²) in [4.78, 5) is 60.9. The van der Waals surface area contributed by atoms with Crippen LogP contribution in [0.4, 0.5) is 32.0 Å². The smallest absolute Gasteiger partial charge is 0.431 e. The van der Waals surface area contributed by atoms with Gasteiger partial charge in [-0.1, -0.05) is 6.07 Å². The zero-order valence-corrected chi connectivity index (χ0v) is 28.3. The number of nitrogens with zero attached hydrogens (tertiary/aromatic N) is 4. The lowest BCUT2D eigenvalue weighted by molar-refractivity contribution is -0.144. The molecule has 6 aromatic rings. The van der Waals surface area contributed by atoms with Crippen LogP contribution in [0.15, 0.2) is 89.1 Å². The summed E-state index contributed by atoms with van der Waals surface area (Å²) in [7, 11) is 1.87. The van der Waals surface area contributed by atoms with Crippen molar-refractivity contribution in [3.8, 4) is 11.4 Å². The number of nitrogen functional groups attached to an aromatic ring is 1. The van der Waals surface area contributed by atoms with Crippen LogP contribution in [0.1, 0.15) is 23.9 Å². The minimum Gasteiger partial charge on any atom is -0.465 e. The SMILES string of the molecule is CCOC(=O)C(Cl)Cc1ccc2occ(-n3c(=O)cc(C(F)(F)F)n(C)c3=O)c2c1.Cn1c(C(F)(F)F)cc(=O)n(-c2coc3ccc(N)cc23)c1=O. The van der Waals surface area contributed by atoms with Crippen LogP contribution in [-0.4, -0.2) is 36.2 Å². The van der Waals surface area contributed by atoms with E-state index in [1.807, 2.05) is 0 Å². The normalized spacial score (nSPS) is 12.5. The molecule has 0 aliphatic carbocycles. The average molecular weight is 770 g/mol. The zero-order chi connectivity index (χ0) is 39.2. The van der Waals surface area contributed by atoms with E-state index in [1.54, 1.807) is 31.2 Å². The van der Waals surface area contributed by atoms with Gasteiger partial charge in [0.25, 0.3) is 11.1 Å². The Morgan fingerprint density at radius 3 is 1.68 bits per heavy atom. The fourth-order valence-electron chi connectivity index (χ4n) is 5.33. The van der Waals surface area contributed by atoms with Crippen molar-refractivity contribution in [1.82, 2.24) is 18.3 Å². The van der Waals surface area contributed by atoms with Crippen molar-refractivity contribution in [2.24, 2.45) is 14.1 Å². The zero-order valence-electron chi connectivity index (χ0n) is 27.5. The first-order chi connectivity index (χ1) is 24.7. The molecule has 0 fully saturated rings. The molecule has 6 rings (SSSR count). The van der Waals surface area contributed by atoms with Crippen LogP contribution < -0.4 is 28.2 Å². The predicted octanol–water partition coefficient (Wildman–Crippen LogP) is 4.90. The maximum Gasteiger partial charge on any atom is 0.431 e. The van der Waals surface area contributed by atoms with Crippen molar-refractivity contribution < 1.29 is 44.7 Å². The first-order valence-corrected chi connectivity index (χ1v) is 15.6. The van der Waals surface area contributed by atoms with Crippen LogP contribution >= 0.6 is 11.6 Å². The number of fused-ring (bicyclic) bond motifs is 2. The number of rotatable bonds is 6. The fraction of sp³-hybridized carbons (Fsp3) is 0.242. The Kier molecular flexibility index (Phi) is 10.3. The van der Waals surface area contributed by atoms with Gasteiger partial charge in [0, 0.05) is 42.7 Å². The summed E-state index contributed by atoms with van der Waals surface area (Å²) in [6.07, 6.45) is -7.34. The minimum atomic E-state index is -4.86. The van der Waals surface area contributed by atoms with Gasteiger partial charge >= 0.3 is 29.7 Å². The van der Waals surface area contributed by atoms with E-state index in [9.17, 15) is 50.3 Å². The van der Waals surface area contributed by atoms with Gasteiger partial charge in [0.2, 0.25) is 0 Å². The van der Waals surface area contributed by atoms with E-state index in [-0.39, 0.29) is 24.4 Å². The first-order valence-electron chi connectivity index (χ1n) is 15.1. The van der Waals surface area contributed by atoms with Gasteiger partial charge in [-0.15, -0.1) is 11.6 Å². The maximum absolute atomic E-state index is 13.1. The Hall–Kier alpha value is -5.98. The molecule has 53 heavy (non-hydrogen) atoms. The molecule has 0 bridgehead atoms. The second-order valence-corrected chi connectivity index (χ2v) is 11.9. The highest BCUT2D eigenvalue weighted by Crippen LogP contribution is 2.30. The summed E-state index contributed by atoms with van der Waals surface area (Å²) in [5.41, 5.74) is 0.00614. The minimum absolute atomic E-state index is 0.0200. The molecule has 4 heterocycles. The van der Waals surface area contributed by atoms with E-state index < -0.39 is 57.6 Å². The Morgan fingerprint density at radius 2 is 1.23 bits per heavy atom. The number of esters is 1. The summed E-state index contributed by atoms with van der Waals surface area (Å²) < 4.78 is 95.0. The van der Waals surface area contributed by atoms with E-state index in [0.717, 1.165) is 26.6 Å². The largest absolute Gasteiger partial charge is 0.465 e. The van der Waals surface area contributed by atoms with Crippen molar-refractivity contribution in [2.45, 2.75) is 31.1 Å². The Bertz CT molecular complexity index is 2610. The fourth-order valence-corrected chi connectivity index (χ4v) is 5.57. The molecular weight excluding hydrogens is 744 g/mol. The van der Waals surface area contributed by atoms with Crippen LogP contribution in [0.3, 0.4) is 0 Å². The van der Waals surface area contributed by atoms with Gasteiger partial charge < -0.3 is 19.3 Å². The van der Waals surface area contributed by atoms with E-state index >= 15 is 0 Å². The molecule has 2 aromatic carbocycles. The maximum atomic E-state index is 13.1. The highest BCUT2D eigenvalue weighted by atomic mass is 35.5. The number of hydrogen-bond acceptors (Lipinski definition) is 9. The Morgan fingerprint density at radius 1 is 0.774 bits per heavy atom. The number of hydrogen-bond donors (Lipinski definition) is 1. The molecule has 0 aliphatic heterocycles. The molecule has 0 saturated carbocycles. The van der Waals surface area contributed by atoms with Gasteiger partial charge in [0.05, 0.1) is 12.3 Å². The summed E-state index contributed by atoms with van der Waals surface area (Å²) in [5.74, 6) is -0.598. The number of alkyl halides is 7. The highest BCUT2D eigenvalue weighted by Gasteiger charge is 2.36. The van der Waals surface area contributed by atoms with Crippen LogP contribution in [0.5, 0.6) is 0 Å². The van der Waals surface area contributed by atoms with Crippen molar-refractivity contribution in [1.29, 1.82) is 0 Å². The third-order valence-corrected chi connectivity index (χ3v) is 8.19. The Balaban J connectivity index is 0.000000211. The van der Waals surface area contributed by atoms with Gasteiger partial charge in [0.15, 0.2) is 0 Å². The third-order valence-electron chi connectivity index (χ3n) is 7.85. The lowest BCUT2D eigenvalue weighted by Crippen LogP contribution is -2.40. The van der Waals surface area contributed by atoms with Crippen molar-refractivity contribution in [2.75, 3.05) is 12.3 Å². The number of halogens is 7. The average Bonchev–Trinajstić information content (AvgIpc) is 3.68. The molecule has 0 radical (unpaired) electrons. The molecule has 0 spiro atoms. The van der Waals surface area contributed by atoms with Gasteiger partial charge in [-0.3, -0.25) is 23.5 Å². The number of aromatic nitrogens is 4. The summed E-state index contributed by atoms with van der Waals surface area (Å²) >= 11 is 6.04. The Labute approximate surface area is 296 Å². The van der Waals surface area contributed by atoms with Crippen molar-refractivity contribution in [3.63, 3.8) is 0 Å². The van der Waals surface area contributed by atoms with E-state index in [1.165, 1.54) is 12.1 Å². The van der Waals surface area contributed by atoms with E-state index in [4.69, 9.17) is 30.9 Å². The number of carbonyl (C=O) groups excluding carboxylic acids is 1. The van der Waals surface area contributed by atoms with Gasteiger partial charge in [-0.05, 0) is 49.2 Å².